The number of allylic oxidation sites excluding steroid dienone is 1. The first-order chi connectivity index (χ1) is 21.5. The van der Waals surface area contributed by atoms with Gasteiger partial charge in [-0.15, -0.1) is 32.9 Å². The van der Waals surface area contributed by atoms with Gasteiger partial charge in [0.15, 0.2) is 11.0 Å². The minimum Gasteiger partial charge on any atom is -0.272 e. The number of carbonyl (C=O) groups is 1. The van der Waals surface area contributed by atoms with Crippen molar-refractivity contribution in [3.05, 3.63) is 109 Å². The van der Waals surface area contributed by atoms with Crippen LogP contribution in [-0.4, -0.2) is 37.1 Å². The number of thioether (sulfide) groups is 1. The number of hydrogen-bond acceptors (Lipinski definition) is 7. The fourth-order valence-corrected chi connectivity index (χ4v) is 8.61. The van der Waals surface area contributed by atoms with Crippen molar-refractivity contribution in [2.75, 3.05) is 5.75 Å². The molecule has 222 valence electrons. The van der Waals surface area contributed by atoms with Gasteiger partial charge in [0.25, 0.3) is 5.91 Å². The number of aryl methyl sites for hydroxylation is 2. The van der Waals surface area contributed by atoms with E-state index < -0.39 is 0 Å². The van der Waals surface area contributed by atoms with Crippen LogP contribution in [-0.2, 0) is 4.79 Å². The molecule has 0 unspecified atom stereocenters. The van der Waals surface area contributed by atoms with E-state index in [1.807, 2.05) is 28.8 Å². The molecule has 4 heterocycles. The molecule has 10 heteroatoms. The Labute approximate surface area is 274 Å². The van der Waals surface area contributed by atoms with E-state index in [1.54, 1.807) is 27.7 Å². The van der Waals surface area contributed by atoms with Crippen molar-refractivity contribution in [3.8, 4) is 17.1 Å². The number of nitrogens with zero attached hydrogens (tertiary/aromatic N) is 5. The van der Waals surface area contributed by atoms with E-state index in [1.165, 1.54) is 27.1 Å². The molecular weight excluding hydrogens is 626 g/mol. The Morgan fingerprint density at radius 2 is 1.89 bits per heavy atom. The first-order valence-electron chi connectivity index (χ1n) is 14.6. The molecule has 1 saturated carbocycles. The number of aromatic nitrogens is 3. The van der Waals surface area contributed by atoms with Gasteiger partial charge >= 0.3 is 0 Å². The maximum atomic E-state index is 14.1. The summed E-state index contributed by atoms with van der Waals surface area (Å²) in [6.07, 6.45) is 5.34. The van der Waals surface area contributed by atoms with Crippen molar-refractivity contribution in [1.82, 2.24) is 19.8 Å². The summed E-state index contributed by atoms with van der Waals surface area (Å²) in [5.41, 5.74) is 6.26. The van der Waals surface area contributed by atoms with Gasteiger partial charge in [0.1, 0.15) is 0 Å². The van der Waals surface area contributed by atoms with Gasteiger partial charge < -0.3 is 0 Å². The van der Waals surface area contributed by atoms with Crippen LogP contribution in [0, 0.1) is 19.8 Å². The maximum absolute atomic E-state index is 14.1. The summed E-state index contributed by atoms with van der Waals surface area (Å²) in [6.45, 7) is 4.14. The summed E-state index contributed by atoms with van der Waals surface area (Å²) in [7, 11) is 0. The summed E-state index contributed by atoms with van der Waals surface area (Å²) in [5, 5.41) is 21.4. The standard InChI is InChI=1S/C34H30ClN5OS3/c1-21-14-15-22(2)28(18-21)39-33(25-10-3-4-12-27(25)35)36-37-34(39)44-20-30(41)40-32(29-13-7-17-43-29)26-11-5-8-23(31(26)38-40)19-24-9-6-16-42-24/h3-4,6-7,9-10,12-19,26,32H,5,8,11,20H2,1-2H3/b23-19+/t26-,32-/m1/s1. The van der Waals surface area contributed by atoms with Gasteiger partial charge in [-0.05, 0) is 97.0 Å². The molecular formula is C34H30ClN5OS3. The van der Waals surface area contributed by atoms with Gasteiger partial charge in [0.05, 0.1) is 28.2 Å². The Morgan fingerprint density at radius 3 is 2.68 bits per heavy atom. The van der Waals surface area contributed by atoms with Gasteiger partial charge in [-0.1, -0.05) is 59.8 Å². The number of rotatable bonds is 7. The van der Waals surface area contributed by atoms with E-state index in [2.05, 4.69) is 83.3 Å². The first-order valence-corrected chi connectivity index (χ1v) is 17.7. The number of carbonyl (C=O) groups excluding carboxylic acids is 1. The molecule has 2 aliphatic rings. The van der Waals surface area contributed by atoms with Gasteiger partial charge in [-0.3, -0.25) is 9.36 Å². The highest BCUT2D eigenvalue weighted by Gasteiger charge is 2.44. The molecule has 44 heavy (non-hydrogen) atoms. The zero-order valence-corrected chi connectivity index (χ0v) is 27.5. The Balaban J connectivity index is 1.23. The highest BCUT2D eigenvalue weighted by Crippen LogP contribution is 2.46. The molecule has 6 nitrogen and oxygen atoms in total. The third-order valence-electron chi connectivity index (χ3n) is 8.13. The molecule has 1 aliphatic heterocycles. The molecule has 0 N–H and O–H groups in total. The Hall–Kier alpha value is -3.50. The number of benzene rings is 2. The number of fused-ring (bicyclic) bond motifs is 1. The molecule has 5 aromatic rings. The minimum absolute atomic E-state index is 0.0411. The highest BCUT2D eigenvalue weighted by molar-refractivity contribution is 7.99. The van der Waals surface area contributed by atoms with Crippen LogP contribution in [0.1, 0.15) is 46.2 Å². The van der Waals surface area contributed by atoms with Crippen LogP contribution in [0.5, 0.6) is 0 Å². The molecule has 3 aromatic heterocycles. The molecule has 1 amide bonds. The van der Waals surface area contributed by atoms with Crippen LogP contribution in [0.2, 0.25) is 5.02 Å². The number of thiophene rings is 2. The Morgan fingerprint density at radius 1 is 1.05 bits per heavy atom. The van der Waals surface area contributed by atoms with Crippen LogP contribution in [0.4, 0.5) is 0 Å². The van der Waals surface area contributed by atoms with Crippen LogP contribution in [0.3, 0.4) is 0 Å². The summed E-state index contributed by atoms with van der Waals surface area (Å²) in [5.74, 6) is 0.973. The van der Waals surface area contributed by atoms with Gasteiger partial charge in [-0.2, -0.15) is 5.10 Å². The third-order valence-corrected chi connectivity index (χ3v) is 11.1. The molecule has 1 fully saturated rings. The quantitative estimate of drug-likeness (QED) is 0.164. The van der Waals surface area contributed by atoms with Crippen LogP contribution >= 0.6 is 46.0 Å². The lowest BCUT2D eigenvalue weighted by Crippen LogP contribution is -2.32. The first kappa shape index (κ1) is 29.2. The predicted molar refractivity (Wildman–Crippen MR) is 183 cm³/mol. The lowest BCUT2D eigenvalue weighted by Gasteiger charge is -2.28. The van der Waals surface area contributed by atoms with Crippen LogP contribution in [0.15, 0.2) is 93.3 Å². The average molecular weight is 656 g/mol. The van der Waals surface area contributed by atoms with Crippen molar-refractivity contribution in [2.45, 2.75) is 44.3 Å². The second-order valence-electron chi connectivity index (χ2n) is 11.1. The summed E-state index contributed by atoms with van der Waals surface area (Å²) >= 11 is 11.4. The second-order valence-corrected chi connectivity index (χ2v) is 14.4. The molecule has 2 atom stereocenters. The minimum atomic E-state index is -0.0966. The van der Waals surface area contributed by atoms with Gasteiger partial charge in [-0.25, -0.2) is 5.01 Å². The third kappa shape index (κ3) is 5.58. The van der Waals surface area contributed by atoms with E-state index in [0.717, 1.165) is 47.4 Å². The normalized spacial score (nSPS) is 18.9. The average Bonchev–Trinajstić information content (AvgIpc) is 3.84. The second kappa shape index (κ2) is 12.5. The lowest BCUT2D eigenvalue weighted by atomic mass is 9.79. The van der Waals surface area contributed by atoms with Crippen molar-refractivity contribution in [3.63, 3.8) is 0 Å². The maximum Gasteiger partial charge on any atom is 0.253 e. The SMILES string of the molecule is Cc1ccc(C)c(-n2c(SCC(=O)N3N=C4/C(=C/c5cccs5)CCC[C@H]4[C@@H]3c3cccs3)nnc2-c2ccccc2Cl)c1. The van der Waals surface area contributed by atoms with E-state index in [0.29, 0.717) is 16.0 Å². The smallest absolute Gasteiger partial charge is 0.253 e. The van der Waals surface area contributed by atoms with Gasteiger partial charge in [0, 0.05) is 21.2 Å². The number of halogens is 1. The zero-order chi connectivity index (χ0) is 30.2. The highest BCUT2D eigenvalue weighted by atomic mass is 35.5. The molecule has 0 spiro atoms. The van der Waals surface area contributed by atoms with Crippen LogP contribution < -0.4 is 0 Å². The molecule has 2 aromatic carbocycles. The van der Waals surface area contributed by atoms with Crippen molar-refractivity contribution < 1.29 is 4.79 Å². The Kier molecular flexibility index (Phi) is 8.29. The lowest BCUT2D eigenvalue weighted by molar-refractivity contribution is -0.130. The van der Waals surface area contributed by atoms with E-state index in [9.17, 15) is 4.79 Å². The number of hydrazone groups is 1. The van der Waals surface area contributed by atoms with Crippen molar-refractivity contribution >= 4 is 63.7 Å². The molecule has 0 bridgehead atoms. The number of amides is 1. The molecule has 1 aliphatic carbocycles. The zero-order valence-electron chi connectivity index (χ0n) is 24.3. The topological polar surface area (TPSA) is 63.4 Å². The largest absolute Gasteiger partial charge is 0.272 e. The summed E-state index contributed by atoms with van der Waals surface area (Å²) in [6, 6.07) is 22.3. The fourth-order valence-electron chi connectivity index (χ4n) is 6.04. The number of hydrogen-bond donors (Lipinski definition) is 0. The van der Waals surface area contributed by atoms with E-state index in [4.69, 9.17) is 16.7 Å². The summed E-state index contributed by atoms with van der Waals surface area (Å²) < 4.78 is 2.02. The van der Waals surface area contributed by atoms with Gasteiger partial charge in [0.2, 0.25) is 0 Å². The molecule has 7 rings (SSSR count). The van der Waals surface area contributed by atoms with E-state index >= 15 is 0 Å². The van der Waals surface area contributed by atoms with Crippen molar-refractivity contribution in [2.24, 2.45) is 11.0 Å². The fraction of sp³-hybridized carbons (Fsp3) is 0.235. The molecule has 0 radical (unpaired) electrons. The van der Waals surface area contributed by atoms with Crippen molar-refractivity contribution in [1.29, 1.82) is 0 Å². The Bertz CT molecular complexity index is 1880. The summed E-state index contributed by atoms with van der Waals surface area (Å²) in [4.78, 5) is 16.5. The monoisotopic (exact) mass is 655 g/mol. The van der Waals surface area contributed by atoms with Crippen LogP contribution in [0.25, 0.3) is 23.2 Å². The van der Waals surface area contributed by atoms with E-state index in [-0.39, 0.29) is 23.6 Å². The molecule has 0 saturated heterocycles. The predicted octanol–water partition coefficient (Wildman–Crippen LogP) is 9.24.